The molecule has 1 aromatic heterocycles. The van der Waals surface area contributed by atoms with E-state index in [0.717, 1.165) is 23.9 Å². The van der Waals surface area contributed by atoms with Crippen LogP contribution in [-0.4, -0.2) is 42.2 Å². The number of fused-ring (bicyclic) bond motifs is 1. The lowest BCUT2D eigenvalue weighted by atomic mass is 10.2. The average Bonchev–Trinajstić information content (AvgIpc) is 3.00. The van der Waals surface area contributed by atoms with Crippen molar-refractivity contribution in [3.05, 3.63) is 35.2 Å². The zero-order valence-electron chi connectivity index (χ0n) is 14.3. The highest BCUT2D eigenvalue weighted by atomic mass is 127. The molecular formula is C17H26IN3OS2. The molecule has 2 aromatic rings. The Bertz CT molecular complexity index is 615. The van der Waals surface area contributed by atoms with Crippen LogP contribution in [0, 0.1) is 0 Å². The van der Waals surface area contributed by atoms with Crippen LogP contribution in [0.4, 0.5) is 0 Å². The molecular weight excluding hydrogens is 453 g/mol. The van der Waals surface area contributed by atoms with E-state index in [9.17, 15) is 5.11 Å². The molecule has 0 fully saturated rings. The Morgan fingerprint density at radius 2 is 2.08 bits per heavy atom. The first-order valence-corrected chi connectivity index (χ1v) is 9.96. The van der Waals surface area contributed by atoms with Crippen LogP contribution in [0.1, 0.15) is 24.8 Å². The molecule has 2 unspecified atom stereocenters. The number of nitrogens with one attached hydrogen (secondary N) is 2. The van der Waals surface area contributed by atoms with Crippen LogP contribution < -0.4 is 10.6 Å². The number of rotatable bonds is 7. The maximum Gasteiger partial charge on any atom is 0.191 e. The van der Waals surface area contributed by atoms with E-state index in [1.165, 1.54) is 10.1 Å². The van der Waals surface area contributed by atoms with Gasteiger partial charge in [-0.3, -0.25) is 4.99 Å². The summed E-state index contributed by atoms with van der Waals surface area (Å²) >= 11 is 3.44. The summed E-state index contributed by atoms with van der Waals surface area (Å²) in [7, 11) is 0. The maximum absolute atomic E-state index is 10.4. The number of benzene rings is 1. The van der Waals surface area contributed by atoms with Crippen LogP contribution in [0.15, 0.2) is 35.3 Å². The summed E-state index contributed by atoms with van der Waals surface area (Å²) in [5.74, 6) is 0.758. The van der Waals surface area contributed by atoms with Crippen molar-refractivity contribution >= 4 is 63.1 Å². The fourth-order valence-electron chi connectivity index (χ4n) is 2.10. The van der Waals surface area contributed by atoms with Crippen LogP contribution in [0.3, 0.4) is 0 Å². The topological polar surface area (TPSA) is 56.7 Å². The number of aliphatic imine (C=N–C) groups is 1. The molecule has 7 heteroatoms. The lowest BCUT2D eigenvalue weighted by Crippen LogP contribution is -2.39. The SMILES string of the molecule is CCNC(=NCC(C)SC)NCC(O)c1cc2ccccc2s1.I. The molecule has 0 aliphatic carbocycles. The monoisotopic (exact) mass is 479 g/mol. The van der Waals surface area contributed by atoms with Crippen molar-refractivity contribution in [1.29, 1.82) is 0 Å². The van der Waals surface area contributed by atoms with Gasteiger partial charge in [-0.15, -0.1) is 35.3 Å². The summed E-state index contributed by atoms with van der Waals surface area (Å²) in [6, 6.07) is 10.3. The van der Waals surface area contributed by atoms with Crippen molar-refractivity contribution in [3.63, 3.8) is 0 Å². The van der Waals surface area contributed by atoms with Crippen molar-refractivity contribution < 1.29 is 5.11 Å². The summed E-state index contributed by atoms with van der Waals surface area (Å²) in [6.07, 6.45) is 1.56. The van der Waals surface area contributed by atoms with Gasteiger partial charge in [0.2, 0.25) is 0 Å². The van der Waals surface area contributed by atoms with Crippen LogP contribution in [0.25, 0.3) is 10.1 Å². The van der Waals surface area contributed by atoms with Crippen LogP contribution >= 0.6 is 47.1 Å². The van der Waals surface area contributed by atoms with Gasteiger partial charge in [0.05, 0.1) is 6.54 Å². The molecule has 134 valence electrons. The predicted octanol–water partition coefficient (Wildman–Crippen LogP) is 3.86. The number of hydrogen-bond donors (Lipinski definition) is 3. The van der Waals surface area contributed by atoms with Crippen molar-refractivity contribution in [3.8, 4) is 0 Å². The van der Waals surface area contributed by atoms with Crippen molar-refractivity contribution in [2.24, 2.45) is 4.99 Å². The molecule has 0 amide bonds. The molecule has 3 N–H and O–H groups in total. The van der Waals surface area contributed by atoms with Gasteiger partial charge in [0.15, 0.2) is 5.96 Å². The first-order chi connectivity index (χ1) is 11.1. The molecule has 0 saturated carbocycles. The van der Waals surface area contributed by atoms with Gasteiger partial charge in [0.25, 0.3) is 0 Å². The number of thioether (sulfide) groups is 1. The van der Waals surface area contributed by atoms with E-state index in [0.29, 0.717) is 11.8 Å². The van der Waals surface area contributed by atoms with Crippen LogP contribution in [0.5, 0.6) is 0 Å². The zero-order valence-corrected chi connectivity index (χ0v) is 18.2. The number of aliphatic hydroxyl groups excluding tert-OH is 1. The standard InChI is InChI=1S/C17H25N3OS2.HI/c1-4-18-17(19-10-12(2)22-3)20-11-14(21)16-9-13-7-5-6-8-15(13)23-16;/h5-9,12,14,21H,4,10-11H2,1-3H3,(H2,18,19,20);1H. The van der Waals surface area contributed by atoms with E-state index in [1.54, 1.807) is 23.1 Å². The Morgan fingerprint density at radius 1 is 1.33 bits per heavy atom. The second kappa shape index (κ2) is 11.2. The van der Waals surface area contributed by atoms with Crippen molar-refractivity contribution in [2.75, 3.05) is 25.9 Å². The van der Waals surface area contributed by atoms with Gasteiger partial charge in [-0.25, -0.2) is 0 Å². The summed E-state index contributed by atoms with van der Waals surface area (Å²) in [6.45, 7) is 6.21. The fourth-order valence-corrected chi connectivity index (χ4v) is 3.37. The molecule has 24 heavy (non-hydrogen) atoms. The predicted molar refractivity (Wildman–Crippen MR) is 119 cm³/mol. The van der Waals surface area contributed by atoms with Gasteiger partial charge in [-0.05, 0) is 30.7 Å². The van der Waals surface area contributed by atoms with E-state index in [1.807, 2.05) is 19.1 Å². The van der Waals surface area contributed by atoms with Crippen LogP contribution in [-0.2, 0) is 0 Å². The van der Waals surface area contributed by atoms with E-state index < -0.39 is 6.10 Å². The number of hydrogen-bond acceptors (Lipinski definition) is 4. The van der Waals surface area contributed by atoms with Crippen molar-refractivity contribution in [2.45, 2.75) is 25.2 Å². The molecule has 2 atom stereocenters. The summed E-state index contributed by atoms with van der Waals surface area (Å²) in [4.78, 5) is 5.54. The Kier molecular flexibility index (Phi) is 10.0. The third-order valence-corrected chi connectivity index (χ3v) is 5.66. The summed E-state index contributed by atoms with van der Waals surface area (Å²) < 4.78 is 1.20. The van der Waals surface area contributed by atoms with E-state index >= 15 is 0 Å². The lowest BCUT2D eigenvalue weighted by molar-refractivity contribution is 0.184. The Labute approximate surface area is 169 Å². The normalized spacial score (nSPS) is 14.1. The van der Waals surface area contributed by atoms with Gasteiger partial charge in [0.1, 0.15) is 6.10 Å². The average molecular weight is 479 g/mol. The highest BCUT2D eigenvalue weighted by Crippen LogP contribution is 2.29. The molecule has 1 aromatic carbocycles. The molecule has 0 saturated heterocycles. The number of thiophene rings is 1. The number of nitrogens with zero attached hydrogens (tertiary/aromatic N) is 1. The minimum atomic E-state index is -0.533. The van der Waals surface area contributed by atoms with Crippen LogP contribution in [0.2, 0.25) is 0 Å². The van der Waals surface area contributed by atoms with E-state index in [4.69, 9.17) is 0 Å². The number of aliphatic hydroxyl groups is 1. The minimum Gasteiger partial charge on any atom is -0.386 e. The highest BCUT2D eigenvalue weighted by Gasteiger charge is 2.12. The molecule has 0 radical (unpaired) electrons. The minimum absolute atomic E-state index is 0. The Morgan fingerprint density at radius 3 is 2.75 bits per heavy atom. The van der Waals surface area contributed by atoms with Gasteiger partial charge >= 0.3 is 0 Å². The molecule has 0 aliphatic rings. The largest absolute Gasteiger partial charge is 0.386 e. The molecule has 2 rings (SSSR count). The summed E-state index contributed by atoms with van der Waals surface area (Å²) in [5.41, 5.74) is 0. The highest BCUT2D eigenvalue weighted by molar-refractivity contribution is 14.0. The van der Waals surface area contributed by atoms with Gasteiger partial charge in [-0.1, -0.05) is 25.1 Å². The van der Waals surface area contributed by atoms with Crippen molar-refractivity contribution in [1.82, 2.24) is 10.6 Å². The second-order valence-corrected chi connectivity index (χ2v) is 7.74. The number of halogens is 1. The number of guanidine groups is 1. The zero-order chi connectivity index (χ0) is 16.7. The molecule has 1 heterocycles. The first kappa shape index (κ1) is 21.5. The second-order valence-electron chi connectivity index (χ2n) is 5.35. The van der Waals surface area contributed by atoms with E-state index in [2.05, 4.69) is 47.0 Å². The Balaban J connectivity index is 0.00000288. The lowest BCUT2D eigenvalue weighted by Gasteiger charge is -2.15. The molecule has 4 nitrogen and oxygen atoms in total. The molecule has 0 bridgehead atoms. The quantitative estimate of drug-likeness (QED) is 0.321. The first-order valence-electron chi connectivity index (χ1n) is 7.85. The third-order valence-electron chi connectivity index (χ3n) is 3.49. The maximum atomic E-state index is 10.4. The fraction of sp³-hybridized carbons (Fsp3) is 0.471. The van der Waals surface area contributed by atoms with Gasteiger partial charge < -0.3 is 15.7 Å². The third kappa shape index (κ3) is 6.42. The molecule has 0 aliphatic heterocycles. The Hall–Kier alpha value is -0.510. The smallest absolute Gasteiger partial charge is 0.191 e. The van der Waals surface area contributed by atoms with Gasteiger partial charge in [0, 0.05) is 27.9 Å². The molecule has 0 spiro atoms. The summed E-state index contributed by atoms with van der Waals surface area (Å²) in [5, 5.41) is 18.5. The van der Waals surface area contributed by atoms with Gasteiger partial charge in [-0.2, -0.15) is 11.8 Å². The van der Waals surface area contributed by atoms with E-state index in [-0.39, 0.29) is 24.0 Å².